The zero-order valence-corrected chi connectivity index (χ0v) is 15.9. The van der Waals surface area contributed by atoms with E-state index in [1.165, 1.54) is 6.07 Å². The van der Waals surface area contributed by atoms with Gasteiger partial charge in [0.1, 0.15) is 11.4 Å². The number of hydrogen-bond donors (Lipinski definition) is 1. The van der Waals surface area contributed by atoms with Crippen molar-refractivity contribution < 1.29 is 18.5 Å². The van der Waals surface area contributed by atoms with Gasteiger partial charge in [-0.05, 0) is 25.7 Å². The number of fused-ring (bicyclic) bond motifs is 4. The van der Waals surface area contributed by atoms with E-state index in [0.29, 0.717) is 23.9 Å². The average Bonchev–Trinajstić information content (AvgIpc) is 3.13. The Morgan fingerprint density at radius 3 is 3.08 bits per heavy atom. The van der Waals surface area contributed by atoms with E-state index in [9.17, 15) is 4.39 Å². The molecule has 0 radical (unpaired) electrons. The van der Waals surface area contributed by atoms with E-state index in [1.807, 2.05) is 6.07 Å². The highest BCUT2D eigenvalue weighted by Crippen LogP contribution is 2.46. The molecule has 2 saturated heterocycles. The van der Waals surface area contributed by atoms with Crippen LogP contribution >= 0.6 is 11.8 Å². The number of amidine groups is 1. The number of halogens is 1. The summed E-state index contributed by atoms with van der Waals surface area (Å²) in [5, 5.41) is 0.689. The second-order valence-corrected chi connectivity index (χ2v) is 9.23. The molecule has 0 saturated carbocycles. The maximum atomic E-state index is 14.9. The lowest BCUT2D eigenvalue weighted by molar-refractivity contribution is 0.122. The van der Waals surface area contributed by atoms with Crippen LogP contribution in [0.15, 0.2) is 23.2 Å². The molecule has 3 atom stereocenters. The van der Waals surface area contributed by atoms with E-state index in [2.05, 4.69) is 26.3 Å². The molecule has 4 heterocycles. The summed E-state index contributed by atoms with van der Waals surface area (Å²) in [6.45, 7) is 6.82. The third kappa shape index (κ3) is 2.33. The van der Waals surface area contributed by atoms with E-state index in [-0.39, 0.29) is 36.8 Å². The Labute approximate surface area is 157 Å². The monoisotopic (exact) mass is 374 g/mol. The SMILES string of the molecule is CC1B2ONC3=N[C@@]4(COC[C@@H]4CS3)c3cc(ccc3F)B2OC1(C)C. The maximum Gasteiger partial charge on any atom is 0.341 e. The molecule has 2 fully saturated rings. The lowest BCUT2D eigenvalue weighted by Gasteiger charge is -2.36. The van der Waals surface area contributed by atoms with Gasteiger partial charge in [-0.25, -0.2) is 9.38 Å². The Hall–Kier alpha value is -1.02. The van der Waals surface area contributed by atoms with E-state index in [0.717, 1.165) is 11.2 Å². The number of thioether (sulfide) groups is 1. The van der Waals surface area contributed by atoms with E-state index >= 15 is 0 Å². The first-order chi connectivity index (χ1) is 12.4. The highest BCUT2D eigenvalue weighted by molar-refractivity contribution is 8.13. The standard InChI is InChI=1S/C17H21B2FN2O3S/c1-10-16(2,3)24-19-12-4-5-14(20)13(6-12)17-9-23-7-11(17)8-26-15(21-17)22-25-18(10)19/h4-6,10-11H,7-9H2,1-3H3,(H,21,22)/t10?,11-,17-/m1/s1. The van der Waals surface area contributed by atoms with Gasteiger partial charge in [0.05, 0.1) is 13.2 Å². The van der Waals surface area contributed by atoms with Crippen molar-refractivity contribution in [2.24, 2.45) is 10.9 Å². The molecular formula is C17H21B2FN2O3S. The first-order valence-electron chi connectivity index (χ1n) is 9.10. The van der Waals surface area contributed by atoms with Crippen molar-refractivity contribution in [1.82, 2.24) is 5.48 Å². The Bertz CT molecular complexity index is 795. The van der Waals surface area contributed by atoms with Gasteiger partial charge in [-0.1, -0.05) is 36.3 Å². The third-order valence-corrected chi connectivity index (χ3v) is 7.44. The summed E-state index contributed by atoms with van der Waals surface area (Å²) in [7, 11) is 0. The van der Waals surface area contributed by atoms with Gasteiger partial charge in [0.25, 0.3) is 0 Å². The van der Waals surface area contributed by atoms with Gasteiger partial charge in [-0.15, -0.1) is 0 Å². The molecule has 5 nitrogen and oxygen atoms in total. The molecule has 0 amide bonds. The molecule has 136 valence electrons. The van der Waals surface area contributed by atoms with Crippen LogP contribution in [0.1, 0.15) is 26.3 Å². The van der Waals surface area contributed by atoms with Crippen LogP contribution in [0.4, 0.5) is 4.39 Å². The molecule has 9 heteroatoms. The fraction of sp³-hybridized carbons (Fsp3) is 0.588. The second kappa shape index (κ2) is 5.74. The minimum atomic E-state index is -0.691. The Morgan fingerprint density at radius 2 is 2.23 bits per heavy atom. The molecule has 0 aromatic heterocycles. The molecule has 4 aliphatic rings. The summed E-state index contributed by atoms with van der Waals surface area (Å²) >= 11 is 1.61. The summed E-state index contributed by atoms with van der Waals surface area (Å²) < 4.78 is 33.1. The van der Waals surface area contributed by atoms with Gasteiger partial charge < -0.3 is 14.1 Å². The lowest BCUT2D eigenvalue weighted by atomic mass is 9.21. The molecule has 5 rings (SSSR count). The number of rotatable bonds is 0. The van der Waals surface area contributed by atoms with Crippen LogP contribution in [-0.4, -0.2) is 43.3 Å². The minimum Gasteiger partial charge on any atom is -0.430 e. The molecule has 4 aliphatic heterocycles. The van der Waals surface area contributed by atoms with Crippen molar-refractivity contribution in [3.05, 3.63) is 29.6 Å². The van der Waals surface area contributed by atoms with Gasteiger partial charge in [-0.3, -0.25) is 5.48 Å². The van der Waals surface area contributed by atoms with Gasteiger partial charge in [-0.2, -0.15) is 0 Å². The van der Waals surface area contributed by atoms with E-state index < -0.39 is 5.54 Å². The van der Waals surface area contributed by atoms with E-state index in [1.54, 1.807) is 17.8 Å². The number of aliphatic imine (C=N–C) groups is 1. The molecule has 1 aromatic carbocycles. The molecule has 26 heavy (non-hydrogen) atoms. The summed E-state index contributed by atoms with van der Waals surface area (Å²) in [5.41, 5.74) is 3.57. The smallest absolute Gasteiger partial charge is 0.341 e. The number of hydrogen-bond acceptors (Lipinski definition) is 6. The van der Waals surface area contributed by atoms with Crippen molar-refractivity contribution in [2.45, 2.75) is 37.7 Å². The van der Waals surface area contributed by atoms with Crippen LogP contribution in [0, 0.1) is 11.7 Å². The topological polar surface area (TPSA) is 52.1 Å². The van der Waals surface area contributed by atoms with Crippen LogP contribution in [0.3, 0.4) is 0 Å². The Balaban J connectivity index is 1.69. The van der Waals surface area contributed by atoms with Crippen LogP contribution in [0.2, 0.25) is 5.82 Å². The number of benzene rings is 1. The van der Waals surface area contributed by atoms with Crippen LogP contribution < -0.4 is 10.9 Å². The fourth-order valence-electron chi connectivity index (χ4n) is 4.48. The molecule has 1 N–H and O–H groups in total. The molecule has 1 aromatic rings. The second-order valence-electron chi connectivity index (χ2n) is 8.22. The Morgan fingerprint density at radius 1 is 1.38 bits per heavy atom. The van der Waals surface area contributed by atoms with Gasteiger partial charge in [0.15, 0.2) is 5.17 Å². The van der Waals surface area contributed by atoms with Crippen molar-refractivity contribution >= 4 is 36.0 Å². The minimum absolute atomic E-state index is 0.151. The average molecular weight is 374 g/mol. The predicted octanol–water partition coefficient (Wildman–Crippen LogP) is 1.77. The molecule has 1 unspecified atom stereocenters. The third-order valence-electron chi connectivity index (χ3n) is 6.42. The number of nitrogens with one attached hydrogen (secondary N) is 1. The summed E-state index contributed by atoms with van der Waals surface area (Å²) in [5.74, 6) is 0.906. The molecule has 4 bridgehead atoms. The first-order valence-corrected chi connectivity index (χ1v) is 10.1. The van der Waals surface area contributed by atoms with Crippen LogP contribution in [-0.2, 0) is 19.7 Å². The highest BCUT2D eigenvalue weighted by Gasteiger charge is 2.57. The van der Waals surface area contributed by atoms with Gasteiger partial charge in [0.2, 0.25) is 0 Å². The van der Waals surface area contributed by atoms with Crippen LogP contribution in [0.5, 0.6) is 0 Å². The summed E-state index contributed by atoms with van der Waals surface area (Å²) in [6, 6.07) is 5.27. The largest absolute Gasteiger partial charge is 0.430 e. The molecule has 1 spiro atoms. The zero-order valence-electron chi connectivity index (χ0n) is 15.1. The summed E-state index contributed by atoms with van der Waals surface area (Å²) in [4.78, 5) is 4.88. The zero-order chi connectivity index (χ0) is 18.1. The predicted molar refractivity (Wildman–Crippen MR) is 102 cm³/mol. The van der Waals surface area contributed by atoms with Crippen LogP contribution in [0.25, 0.3) is 0 Å². The maximum absolute atomic E-state index is 14.9. The highest BCUT2D eigenvalue weighted by atomic mass is 32.2. The van der Waals surface area contributed by atoms with E-state index in [4.69, 9.17) is 19.1 Å². The first kappa shape index (κ1) is 17.1. The number of ether oxygens (including phenoxy) is 1. The molecular weight excluding hydrogens is 353 g/mol. The lowest BCUT2D eigenvalue weighted by Crippen LogP contribution is -2.52. The fourth-order valence-corrected chi connectivity index (χ4v) is 5.54. The van der Waals surface area contributed by atoms with Gasteiger partial charge in [0, 0.05) is 22.8 Å². The van der Waals surface area contributed by atoms with Crippen molar-refractivity contribution in [2.75, 3.05) is 19.0 Å². The quantitative estimate of drug-likeness (QED) is 0.702. The summed E-state index contributed by atoms with van der Waals surface area (Å²) in [6.07, 6.45) is 0. The van der Waals surface area contributed by atoms with Crippen molar-refractivity contribution in [1.29, 1.82) is 0 Å². The van der Waals surface area contributed by atoms with Gasteiger partial charge >= 0.3 is 13.6 Å². The van der Waals surface area contributed by atoms with Crippen molar-refractivity contribution in [3.8, 4) is 0 Å². The molecule has 0 aliphatic carbocycles. The Kier molecular flexibility index (Phi) is 3.77. The number of nitrogens with zero attached hydrogens (tertiary/aromatic N) is 1. The number of hydroxylamine groups is 1. The van der Waals surface area contributed by atoms with Crippen molar-refractivity contribution in [3.63, 3.8) is 0 Å². The normalized spacial score (nSPS) is 34.7.